The Hall–Kier alpha value is -1.88. The number of amides is 2. The van der Waals surface area contributed by atoms with Gasteiger partial charge in [-0.25, -0.2) is 0 Å². The highest BCUT2D eigenvalue weighted by Crippen LogP contribution is 2.24. The van der Waals surface area contributed by atoms with Crippen molar-refractivity contribution in [2.24, 2.45) is 11.7 Å². The minimum Gasteiger partial charge on any atom is -0.352 e. The van der Waals surface area contributed by atoms with E-state index in [-0.39, 0.29) is 23.8 Å². The average Bonchev–Trinajstić information content (AvgIpc) is 2.48. The third-order valence-corrected chi connectivity index (χ3v) is 3.89. The first-order valence-electron chi connectivity index (χ1n) is 7.56. The highest BCUT2D eigenvalue weighted by molar-refractivity contribution is 5.97. The van der Waals surface area contributed by atoms with E-state index in [9.17, 15) is 9.59 Å². The average molecular weight is 289 g/mol. The first-order valence-corrected chi connectivity index (χ1v) is 7.56. The maximum Gasteiger partial charge on any atom is 0.251 e. The van der Waals surface area contributed by atoms with Crippen LogP contribution in [-0.4, -0.2) is 24.4 Å². The van der Waals surface area contributed by atoms with E-state index in [1.54, 1.807) is 24.3 Å². The van der Waals surface area contributed by atoms with Crippen LogP contribution < -0.4 is 16.4 Å². The zero-order valence-corrected chi connectivity index (χ0v) is 12.4. The van der Waals surface area contributed by atoms with Crippen LogP contribution in [0, 0.1) is 5.92 Å². The summed E-state index contributed by atoms with van der Waals surface area (Å²) in [5.74, 6) is -0.315. The Labute approximate surface area is 125 Å². The molecule has 0 saturated heterocycles. The number of nitrogens with two attached hydrogens (primary N) is 1. The molecule has 5 heteroatoms. The fourth-order valence-electron chi connectivity index (χ4n) is 2.72. The molecule has 0 spiro atoms. The van der Waals surface area contributed by atoms with Gasteiger partial charge in [0.15, 0.2) is 0 Å². The molecule has 1 saturated carbocycles. The van der Waals surface area contributed by atoms with Crippen molar-refractivity contribution in [3.63, 3.8) is 0 Å². The van der Waals surface area contributed by atoms with Crippen molar-refractivity contribution in [1.82, 2.24) is 5.32 Å². The van der Waals surface area contributed by atoms with Crippen molar-refractivity contribution in [1.29, 1.82) is 0 Å². The van der Waals surface area contributed by atoms with Gasteiger partial charge in [0.1, 0.15) is 0 Å². The van der Waals surface area contributed by atoms with E-state index in [2.05, 4.69) is 10.6 Å². The van der Waals surface area contributed by atoms with Crippen molar-refractivity contribution >= 4 is 17.5 Å². The van der Waals surface area contributed by atoms with Crippen molar-refractivity contribution in [2.45, 2.75) is 38.6 Å². The molecular weight excluding hydrogens is 266 g/mol. The predicted molar refractivity (Wildman–Crippen MR) is 83.0 cm³/mol. The molecule has 4 N–H and O–H groups in total. The third kappa shape index (κ3) is 4.04. The van der Waals surface area contributed by atoms with Gasteiger partial charge in [-0.2, -0.15) is 0 Å². The molecule has 2 amide bonds. The SMILES string of the molecule is CCNC(=O)c1cccc(NC(=O)C2CCCCC2N)c1. The summed E-state index contributed by atoms with van der Waals surface area (Å²) in [5, 5.41) is 5.62. The second-order valence-electron chi connectivity index (χ2n) is 5.48. The largest absolute Gasteiger partial charge is 0.352 e. The maximum absolute atomic E-state index is 12.3. The molecule has 2 atom stereocenters. The highest BCUT2D eigenvalue weighted by Gasteiger charge is 2.28. The monoisotopic (exact) mass is 289 g/mol. The van der Waals surface area contributed by atoms with Crippen molar-refractivity contribution < 1.29 is 9.59 Å². The van der Waals surface area contributed by atoms with E-state index in [1.807, 2.05) is 6.92 Å². The Morgan fingerprint density at radius 2 is 2.05 bits per heavy atom. The molecule has 114 valence electrons. The van der Waals surface area contributed by atoms with Gasteiger partial charge in [0, 0.05) is 23.8 Å². The Kier molecular flexibility index (Phi) is 5.33. The molecule has 1 aliphatic carbocycles. The Morgan fingerprint density at radius 1 is 1.29 bits per heavy atom. The summed E-state index contributed by atoms with van der Waals surface area (Å²) in [6.45, 7) is 2.44. The summed E-state index contributed by atoms with van der Waals surface area (Å²) in [7, 11) is 0. The molecular formula is C16H23N3O2. The van der Waals surface area contributed by atoms with Gasteiger partial charge in [0.25, 0.3) is 5.91 Å². The predicted octanol–water partition coefficient (Wildman–Crippen LogP) is 1.89. The lowest BCUT2D eigenvalue weighted by Gasteiger charge is -2.27. The number of hydrogen-bond donors (Lipinski definition) is 3. The molecule has 21 heavy (non-hydrogen) atoms. The molecule has 0 aromatic heterocycles. The van der Waals surface area contributed by atoms with Gasteiger partial charge < -0.3 is 16.4 Å². The van der Waals surface area contributed by atoms with Crippen molar-refractivity contribution in [2.75, 3.05) is 11.9 Å². The summed E-state index contributed by atoms with van der Waals surface area (Å²) in [4.78, 5) is 24.1. The van der Waals surface area contributed by atoms with Crippen LogP contribution in [0.2, 0.25) is 0 Å². The van der Waals surface area contributed by atoms with Crippen LogP contribution in [-0.2, 0) is 4.79 Å². The van der Waals surface area contributed by atoms with E-state index in [4.69, 9.17) is 5.73 Å². The second-order valence-corrected chi connectivity index (χ2v) is 5.48. The van der Waals surface area contributed by atoms with Gasteiger partial charge in [-0.15, -0.1) is 0 Å². The summed E-state index contributed by atoms with van der Waals surface area (Å²) in [6, 6.07) is 6.91. The first kappa shape index (κ1) is 15.5. The molecule has 0 heterocycles. The topological polar surface area (TPSA) is 84.2 Å². The third-order valence-electron chi connectivity index (χ3n) is 3.89. The minimum atomic E-state index is -0.136. The molecule has 1 aliphatic rings. The van der Waals surface area contributed by atoms with Crippen LogP contribution in [0.1, 0.15) is 43.0 Å². The Bertz CT molecular complexity index is 516. The van der Waals surface area contributed by atoms with Crippen LogP contribution >= 0.6 is 0 Å². The van der Waals surface area contributed by atoms with E-state index in [0.29, 0.717) is 17.8 Å². The first-order chi connectivity index (χ1) is 10.1. The Morgan fingerprint density at radius 3 is 2.76 bits per heavy atom. The number of nitrogens with one attached hydrogen (secondary N) is 2. The van der Waals surface area contributed by atoms with Crippen molar-refractivity contribution in [3.05, 3.63) is 29.8 Å². The van der Waals surface area contributed by atoms with Gasteiger partial charge in [-0.05, 0) is 38.0 Å². The summed E-state index contributed by atoms with van der Waals surface area (Å²) < 4.78 is 0. The fourth-order valence-corrected chi connectivity index (χ4v) is 2.72. The molecule has 0 radical (unpaired) electrons. The van der Waals surface area contributed by atoms with Gasteiger partial charge in [-0.1, -0.05) is 18.9 Å². The molecule has 0 aliphatic heterocycles. The van der Waals surface area contributed by atoms with E-state index in [0.717, 1.165) is 25.7 Å². The number of anilines is 1. The van der Waals surface area contributed by atoms with Crippen molar-refractivity contribution in [3.8, 4) is 0 Å². The molecule has 1 fully saturated rings. The molecule has 2 unspecified atom stereocenters. The zero-order valence-electron chi connectivity index (χ0n) is 12.4. The van der Waals surface area contributed by atoms with Crippen LogP contribution in [0.15, 0.2) is 24.3 Å². The van der Waals surface area contributed by atoms with E-state index in [1.165, 1.54) is 0 Å². The summed E-state index contributed by atoms with van der Waals surface area (Å²) in [5.41, 5.74) is 7.21. The minimum absolute atomic E-state index is 0.0461. The normalized spacial score (nSPS) is 21.6. The lowest BCUT2D eigenvalue weighted by Crippen LogP contribution is -2.40. The van der Waals surface area contributed by atoms with Gasteiger partial charge in [0.2, 0.25) is 5.91 Å². The molecule has 1 aromatic rings. The highest BCUT2D eigenvalue weighted by atomic mass is 16.2. The fraction of sp³-hybridized carbons (Fsp3) is 0.500. The van der Waals surface area contributed by atoms with Gasteiger partial charge in [0.05, 0.1) is 5.92 Å². The van der Waals surface area contributed by atoms with Gasteiger partial charge >= 0.3 is 0 Å². The Balaban J connectivity index is 2.03. The number of benzene rings is 1. The van der Waals surface area contributed by atoms with E-state index < -0.39 is 0 Å². The summed E-state index contributed by atoms with van der Waals surface area (Å²) in [6.07, 6.45) is 3.88. The number of carbonyl (C=O) groups is 2. The molecule has 5 nitrogen and oxygen atoms in total. The standard InChI is InChI=1S/C16H23N3O2/c1-2-18-15(20)11-6-5-7-12(10-11)19-16(21)13-8-3-4-9-14(13)17/h5-7,10,13-14H,2-4,8-9,17H2,1H3,(H,18,20)(H,19,21). The molecule has 1 aromatic carbocycles. The van der Waals surface area contributed by atoms with Crippen LogP contribution in [0.3, 0.4) is 0 Å². The van der Waals surface area contributed by atoms with Crippen LogP contribution in [0.5, 0.6) is 0 Å². The number of rotatable bonds is 4. The van der Waals surface area contributed by atoms with Gasteiger partial charge in [-0.3, -0.25) is 9.59 Å². The van der Waals surface area contributed by atoms with Crippen LogP contribution in [0.4, 0.5) is 5.69 Å². The lowest BCUT2D eigenvalue weighted by atomic mass is 9.84. The second kappa shape index (κ2) is 7.22. The number of hydrogen-bond acceptors (Lipinski definition) is 3. The maximum atomic E-state index is 12.3. The van der Waals surface area contributed by atoms with Crippen LogP contribution in [0.25, 0.3) is 0 Å². The lowest BCUT2D eigenvalue weighted by molar-refractivity contribution is -0.121. The smallest absolute Gasteiger partial charge is 0.251 e. The summed E-state index contributed by atoms with van der Waals surface area (Å²) >= 11 is 0. The quantitative estimate of drug-likeness (QED) is 0.791. The zero-order chi connectivity index (χ0) is 15.2. The molecule has 2 rings (SSSR count). The number of carbonyl (C=O) groups excluding carboxylic acids is 2. The van der Waals surface area contributed by atoms with E-state index >= 15 is 0 Å². The molecule has 0 bridgehead atoms.